The van der Waals surface area contributed by atoms with Gasteiger partial charge in [-0.25, -0.2) is 14.6 Å². The highest BCUT2D eigenvalue weighted by Crippen LogP contribution is 2.35. The van der Waals surface area contributed by atoms with E-state index >= 15 is 0 Å². The van der Waals surface area contributed by atoms with E-state index < -0.39 is 0 Å². The van der Waals surface area contributed by atoms with Crippen molar-refractivity contribution in [3.63, 3.8) is 0 Å². The van der Waals surface area contributed by atoms with E-state index in [0.29, 0.717) is 19.8 Å². The van der Waals surface area contributed by atoms with Crippen LogP contribution in [0.15, 0.2) is 53.6 Å². The van der Waals surface area contributed by atoms with Crippen molar-refractivity contribution in [3.8, 4) is 17.2 Å². The molecule has 8 heteroatoms. The zero-order chi connectivity index (χ0) is 23.9. The van der Waals surface area contributed by atoms with Crippen molar-refractivity contribution in [2.24, 2.45) is 0 Å². The fourth-order valence-electron chi connectivity index (χ4n) is 5.28. The standard InChI is InChI=1S/C27H27N6O2/c1-18-4-3-5-21(23(18)17-28-2)24-8-9-32-26(34)22-7-6-19(14-25(22)33(24)32)20-15-29-27(30-16-20)31-10-12-35-13-11-31/h3-7,14-16,24H,8-13H2,1-2H3/q+1. The summed E-state index contributed by atoms with van der Waals surface area (Å²) < 4.78 is 9.45. The summed E-state index contributed by atoms with van der Waals surface area (Å²) in [5.74, 6) is 0.722. The van der Waals surface area contributed by atoms with Gasteiger partial charge in [-0.1, -0.05) is 29.1 Å². The number of hydrogen-bond acceptors (Lipinski definition) is 5. The van der Waals surface area contributed by atoms with E-state index in [-0.39, 0.29) is 11.6 Å². The van der Waals surface area contributed by atoms with Crippen molar-refractivity contribution in [2.45, 2.75) is 25.9 Å². The molecule has 0 saturated carbocycles. The molecule has 4 aromatic rings. The molecule has 2 aliphatic rings. The van der Waals surface area contributed by atoms with Gasteiger partial charge in [-0.2, -0.15) is 0 Å². The monoisotopic (exact) mass is 467 g/mol. The number of fused-ring (bicyclic) bond motifs is 3. The Morgan fingerprint density at radius 1 is 1.06 bits per heavy atom. The van der Waals surface area contributed by atoms with Gasteiger partial charge in [-0.3, -0.25) is 9.48 Å². The van der Waals surface area contributed by atoms with Gasteiger partial charge in [0.05, 0.1) is 30.2 Å². The molecule has 2 aromatic heterocycles. The maximum Gasteiger partial charge on any atom is 0.311 e. The molecule has 35 heavy (non-hydrogen) atoms. The first kappa shape index (κ1) is 21.6. The lowest BCUT2D eigenvalue weighted by Gasteiger charge is -2.26. The van der Waals surface area contributed by atoms with E-state index in [9.17, 15) is 4.79 Å². The average molecular weight is 468 g/mol. The van der Waals surface area contributed by atoms with Crippen LogP contribution < -0.4 is 10.5 Å². The summed E-state index contributed by atoms with van der Waals surface area (Å²) in [4.78, 5) is 28.7. The molecule has 0 spiro atoms. The topological polar surface area (TPSA) is 69.5 Å². The van der Waals surface area contributed by atoms with E-state index in [0.717, 1.165) is 64.2 Å². The summed E-state index contributed by atoms with van der Waals surface area (Å²) in [6, 6.07) is 15.5. The summed E-state index contributed by atoms with van der Waals surface area (Å²) in [5, 5.41) is 0.728. The lowest BCUT2D eigenvalue weighted by Crippen LogP contribution is -2.37. The molecule has 2 aliphatic heterocycles. The molecule has 8 nitrogen and oxygen atoms in total. The Hall–Kier alpha value is -3.96. The third-order valence-electron chi connectivity index (χ3n) is 7.03. The summed E-state index contributed by atoms with van der Waals surface area (Å²) in [6.45, 7) is 5.75. The van der Waals surface area contributed by atoms with Crippen molar-refractivity contribution in [2.75, 3.05) is 38.3 Å². The fourth-order valence-corrected chi connectivity index (χ4v) is 5.28. The molecule has 0 bridgehead atoms. The molecule has 0 radical (unpaired) electrons. The van der Waals surface area contributed by atoms with Crippen LogP contribution in [0.2, 0.25) is 0 Å². The Morgan fingerprint density at radius 3 is 2.63 bits per heavy atom. The number of morpholine rings is 1. The number of nitrogens with zero attached hydrogens (tertiary/aromatic N) is 6. The molecule has 176 valence electrons. The van der Waals surface area contributed by atoms with E-state index in [4.69, 9.17) is 4.74 Å². The minimum Gasteiger partial charge on any atom is -0.378 e. The Bertz CT molecular complexity index is 1530. The number of benzene rings is 2. The van der Waals surface area contributed by atoms with E-state index in [1.54, 1.807) is 7.05 Å². The summed E-state index contributed by atoms with van der Waals surface area (Å²) >= 11 is 0. The molecule has 6 rings (SSSR count). The van der Waals surface area contributed by atoms with Crippen LogP contribution >= 0.6 is 0 Å². The summed E-state index contributed by atoms with van der Waals surface area (Å²) in [5.41, 5.74) is 6.17. The van der Waals surface area contributed by atoms with Gasteiger partial charge in [0.2, 0.25) is 5.95 Å². The summed E-state index contributed by atoms with van der Waals surface area (Å²) in [6.07, 6.45) is 4.58. The second-order valence-corrected chi connectivity index (χ2v) is 9.05. The highest BCUT2D eigenvalue weighted by molar-refractivity contribution is 5.84. The number of hydrogen-bond donors (Lipinski definition) is 0. The fraction of sp³-hybridized carbons (Fsp3) is 0.333. The van der Waals surface area contributed by atoms with Gasteiger partial charge in [0.1, 0.15) is 5.56 Å². The van der Waals surface area contributed by atoms with Crippen LogP contribution in [0.1, 0.15) is 29.2 Å². The molecule has 0 amide bonds. The van der Waals surface area contributed by atoms with E-state index in [2.05, 4.69) is 61.7 Å². The molecular weight excluding hydrogens is 440 g/mol. The number of rotatable bonds is 3. The second-order valence-electron chi connectivity index (χ2n) is 9.05. The maximum atomic E-state index is 13.2. The molecular formula is C27H27N6O2+. The number of aryl methyl sites for hydroxylation is 1. The molecule has 4 heterocycles. The van der Waals surface area contributed by atoms with Gasteiger partial charge in [0.15, 0.2) is 0 Å². The van der Waals surface area contributed by atoms with Gasteiger partial charge < -0.3 is 9.64 Å². The first-order valence-electron chi connectivity index (χ1n) is 12.0. The maximum absolute atomic E-state index is 13.2. The van der Waals surface area contributed by atoms with Gasteiger partial charge in [0, 0.05) is 37.6 Å². The zero-order valence-electron chi connectivity index (χ0n) is 19.9. The Morgan fingerprint density at radius 2 is 1.86 bits per heavy atom. The average Bonchev–Trinajstić information content (AvgIpc) is 3.45. The van der Waals surface area contributed by atoms with Gasteiger partial charge in [-0.15, -0.1) is 0 Å². The molecule has 1 unspecified atom stereocenters. The van der Waals surface area contributed by atoms with Crippen molar-refractivity contribution in [1.82, 2.24) is 19.3 Å². The van der Waals surface area contributed by atoms with Gasteiger partial charge in [-0.05, 0) is 42.2 Å². The van der Waals surface area contributed by atoms with Gasteiger partial charge in [0.25, 0.3) is 12.6 Å². The molecule has 1 saturated heterocycles. The van der Waals surface area contributed by atoms with E-state index in [1.807, 2.05) is 29.2 Å². The van der Waals surface area contributed by atoms with Crippen LogP contribution in [0.25, 0.3) is 26.9 Å². The van der Waals surface area contributed by atoms with Crippen LogP contribution in [0.5, 0.6) is 0 Å². The Balaban J connectivity index is 1.43. The normalized spacial score (nSPS) is 17.3. The van der Waals surface area contributed by atoms with Crippen molar-refractivity contribution in [1.29, 1.82) is 0 Å². The smallest absolute Gasteiger partial charge is 0.311 e. The summed E-state index contributed by atoms with van der Waals surface area (Å²) in [7, 11) is 1.74. The van der Waals surface area contributed by atoms with Crippen LogP contribution in [0.3, 0.4) is 0 Å². The molecule has 0 N–H and O–H groups in total. The first-order valence-corrected chi connectivity index (χ1v) is 12.0. The lowest BCUT2D eigenvalue weighted by atomic mass is 9.95. The Kier molecular flexibility index (Phi) is 5.34. The minimum atomic E-state index is 0.0412. The second kappa shape index (κ2) is 8.67. The van der Waals surface area contributed by atoms with Crippen molar-refractivity contribution < 1.29 is 4.74 Å². The molecule has 2 aromatic carbocycles. The van der Waals surface area contributed by atoms with Crippen molar-refractivity contribution in [3.05, 3.63) is 80.7 Å². The van der Waals surface area contributed by atoms with Gasteiger partial charge >= 0.3 is 6.07 Å². The van der Waals surface area contributed by atoms with E-state index in [1.165, 1.54) is 0 Å². The van der Waals surface area contributed by atoms with Crippen molar-refractivity contribution >= 4 is 16.9 Å². The molecule has 0 aliphatic carbocycles. The third kappa shape index (κ3) is 3.60. The largest absolute Gasteiger partial charge is 0.378 e. The Labute approximate surface area is 203 Å². The molecule has 1 fully saturated rings. The number of ether oxygens (including phenoxy) is 1. The quantitative estimate of drug-likeness (QED) is 0.460. The number of anilines is 1. The van der Waals surface area contributed by atoms with Crippen LogP contribution in [0, 0.1) is 13.0 Å². The van der Waals surface area contributed by atoms with Crippen LogP contribution in [0.4, 0.5) is 5.95 Å². The van der Waals surface area contributed by atoms with Crippen LogP contribution in [-0.2, 0) is 11.3 Å². The zero-order valence-corrected chi connectivity index (χ0v) is 19.9. The van der Waals surface area contributed by atoms with Crippen LogP contribution in [-0.4, -0.2) is 52.7 Å². The SMILES string of the molecule is C[N+]#Cc1c(C)cccc1C1CCn2c(=O)c3ccc(-c4cnc(N5CCOCC5)nc4)cc3n21. The predicted octanol–water partition coefficient (Wildman–Crippen LogP) is 3.71. The highest BCUT2D eigenvalue weighted by Gasteiger charge is 2.30. The minimum absolute atomic E-state index is 0.0412. The molecule has 1 atom stereocenters. The highest BCUT2D eigenvalue weighted by atomic mass is 16.5. The predicted molar refractivity (Wildman–Crippen MR) is 136 cm³/mol. The first-order chi connectivity index (χ1) is 17.2. The third-order valence-corrected chi connectivity index (χ3v) is 7.03. The lowest BCUT2D eigenvalue weighted by molar-refractivity contribution is 0.122. The number of aromatic nitrogens is 4.